The zero-order chi connectivity index (χ0) is 8.97. The predicted molar refractivity (Wildman–Crippen MR) is 50.4 cm³/mol. The van der Waals surface area contributed by atoms with E-state index >= 15 is 0 Å². The van der Waals surface area contributed by atoms with Crippen LogP contribution < -0.4 is 0 Å². The van der Waals surface area contributed by atoms with Crippen LogP contribution in [0, 0.1) is 0 Å². The third-order valence-electron chi connectivity index (χ3n) is 1.49. The molecule has 0 saturated carbocycles. The average Bonchev–Trinajstić information content (AvgIpc) is 2.09. The summed E-state index contributed by atoms with van der Waals surface area (Å²) >= 11 is 5.68. The molecule has 0 fully saturated rings. The highest BCUT2D eigenvalue weighted by atomic mass is 35.5. The molecular weight excluding hydrogens is 172 g/mol. The van der Waals surface area contributed by atoms with Gasteiger partial charge in [-0.3, -0.25) is 0 Å². The van der Waals surface area contributed by atoms with Crippen molar-refractivity contribution in [2.45, 2.75) is 6.42 Å². The first-order chi connectivity index (χ1) is 5.72. The third-order valence-corrected chi connectivity index (χ3v) is 1.74. The summed E-state index contributed by atoms with van der Waals surface area (Å²) in [6.45, 7) is 3.34. The minimum absolute atomic E-state index is 0.150. The Hall–Kier alpha value is -1.17. The minimum atomic E-state index is 0.150. The molecule has 2 heteroatoms. The number of hydrogen-bond donors (Lipinski definition) is 1. The van der Waals surface area contributed by atoms with Crippen LogP contribution in [0.5, 0.6) is 0 Å². The summed E-state index contributed by atoms with van der Waals surface area (Å²) in [7, 11) is 0. The highest BCUT2D eigenvalue weighted by molar-refractivity contribution is 6.30. The summed E-state index contributed by atoms with van der Waals surface area (Å²) in [4.78, 5) is 0. The average molecular weight is 181 g/mol. The Morgan fingerprint density at radius 2 is 2.00 bits per heavy atom. The summed E-state index contributed by atoms with van der Waals surface area (Å²) in [6.07, 6.45) is 0.459. The van der Waals surface area contributed by atoms with Crippen LogP contribution in [0.25, 0.3) is 0 Å². The van der Waals surface area contributed by atoms with Gasteiger partial charge in [-0.2, -0.15) is 0 Å². The maximum atomic E-state index is 9.09. The molecule has 0 amide bonds. The lowest BCUT2D eigenvalue weighted by Crippen LogP contribution is -1.86. The van der Waals surface area contributed by atoms with Crippen molar-refractivity contribution < 1.29 is 5.11 Å². The lowest BCUT2D eigenvalue weighted by Gasteiger charge is -1.97. The fraction of sp³-hybridized carbons (Fsp3) is 0.100. The number of benzene rings is 1. The molecular formula is C10H9ClO. The van der Waals surface area contributed by atoms with Crippen LogP contribution in [0.15, 0.2) is 42.3 Å². The Balaban J connectivity index is 2.78. The van der Waals surface area contributed by atoms with Gasteiger partial charge in [0.15, 0.2) is 0 Å². The Kier molecular flexibility index (Phi) is 2.98. The summed E-state index contributed by atoms with van der Waals surface area (Å²) in [6, 6.07) is 7.28. The van der Waals surface area contributed by atoms with E-state index in [2.05, 4.69) is 12.3 Å². The van der Waals surface area contributed by atoms with Gasteiger partial charge in [0.25, 0.3) is 0 Å². The van der Waals surface area contributed by atoms with E-state index in [1.54, 1.807) is 12.1 Å². The van der Waals surface area contributed by atoms with E-state index in [4.69, 9.17) is 16.7 Å². The van der Waals surface area contributed by atoms with Crippen LogP contribution in [0.1, 0.15) is 5.56 Å². The smallest absolute Gasteiger partial charge is 0.138 e. The summed E-state index contributed by atoms with van der Waals surface area (Å²) in [5.74, 6) is 0.150. The maximum absolute atomic E-state index is 9.09. The van der Waals surface area contributed by atoms with Crippen molar-refractivity contribution in [1.82, 2.24) is 0 Å². The van der Waals surface area contributed by atoms with Crippen LogP contribution in [-0.4, -0.2) is 5.11 Å². The quantitative estimate of drug-likeness (QED) is 0.548. The second-order valence-corrected chi connectivity index (χ2v) is 2.86. The number of hydrogen-bond acceptors (Lipinski definition) is 1. The largest absolute Gasteiger partial charge is 0.504 e. The highest BCUT2D eigenvalue weighted by Gasteiger charge is 1.95. The van der Waals surface area contributed by atoms with Crippen LogP contribution in [-0.2, 0) is 6.42 Å². The molecule has 1 nitrogen and oxygen atoms in total. The zero-order valence-corrected chi connectivity index (χ0v) is 7.30. The normalized spacial score (nSPS) is 9.08. The Labute approximate surface area is 76.6 Å². The molecule has 0 heterocycles. The number of aliphatic hydroxyl groups is 1. The summed E-state index contributed by atoms with van der Waals surface area (Å²) in [5.41, 5.74) is 3.41. The van der Waals surface area contributed by atoms with E-state index in [0.717, 1.165) is 5.56 Å². The molecule has 12 heavy (non-hydrogen) atoms. The van der Waals surface area contributed by atoms with Gasteiger partial charge in [0.1, 0.15) is 5.76 Å². The van der Waals surface area contributed by atoms with Gasteiger partial charge in [0, 0.05) is 11.4 Å². The van der Waals surface area contributed by atoms with Gasteiger partial charge in [-0.15, -0.1) is 0 Å². The topological polar surface area (TPSA) is 20.2 Å². The molecule has 1 aromatic carbocycles. The first-order valence-electron chi connectivity index (χ1n) is 3.54. The fourth-order valence-electron chi connectivity index (χ4n) is 0.858. The monoisotopic (exact) mass is 180 g/mol. The molecule has 0 aromatic heterocycles. The minimum Gasteiger partial charge on any atom is -0.504 e. The number of rotatable bonds is 2. The number of aliphatic hydroxyl groups excluding tert-OH is 1. The molecule has 1 N–H and O–H groups in total. The summed E-state index contributed by atoms with van der Waals surface area (Å²) in [5, 5.41) is 9.79. The van der Waals surface area contributed by atoms with Crippen molar-refractivity contribution in [2.75, 3.05) is 0 Å². The van der Waals surface area contributed by atoms with Crippen molar-refractivity contribution in [1.29, 1.82) is 0 Å². The van der Waals surface area contributed by atoms with E-state index in [-0.39, 0.29) is 5.76 Å². The molecule has 0 radical (unpaired) electrons. The fourth-order valence-corrected chi connectivity index (χ4v) is 0.984. The van der Waals surface area contributed by atoms with E-state index in [1.807, 2.05) is 12.1 Å². The second-order valence-electron chi connectivity index (χ2n) is 2.43. The first kappa shape index (κ1) is 8.92. The van der Waals surface area contributed by atoms with Crippen molar-refractivity contribution in [3.05, 3.63) is 52.9 Å². The molecule has 0 aliphatic heterocycles. The molecule has 0 aliphatic rings. The van der Waals surface area contributed by atoms with Gasteiger partial charge in [0.05, 0.1) is 0 Å². The molecule has 0 spiro atoms. The van der Waals surface area contributed by atoms with E-state index < -0.39 is 0 Å². The summed E-state index contributed by atoms with van der Waals surface area (Å²) < 4.78 is 0. The molecule has 0 bridgehead atoms. The van der Waals surface area contributed by atoms with E-state index in [0.29, 0.717) is 11.4 Å². The van der Waals surface area contributed by atoms with Crippen LogP contribution in [0.4, 0.5) is 0 Å². The van der Waals surface area contributed by atoms with Crippen molar-refractivity contribution >= 4 is 11.6 Å². The van der Waals surface area contributed by atoms with Crippen LogP contribution in [0.3, 0.4) is 0 Å². The van der Waals surface area contributed by atoms with Gasteiger partial charge in [-0.1, -0.05) is 36.0 Å². The van der Waals surface area contributed by atoms with E-state index in [9.17, 15) is 0 Å². The lowest BCUT2D eigenvalue weighted by molar-refractivity contribution is 0.400. The van der Waals surface area contributed by atoms with Crippen LogP contribution in [0.2, 0.25) is 5.02 Å². The van der Waals surface area contributed by atoms with Gasteiger partial charge in [0.2, 0.25) is 0 Å². The molecule has 62 valence electrons. The Bertz CT molecular complexity index is 307. The molecule has 0 aliphatic carbocycles. The van der Waals surface area contributed by atoms with Crippen molar-refractivity contribution in [3.63, 3.8) is 0 Å². The zero-order valence-electron chi connectivity index (χ0n) is 6.55. The van der Waals surface area contributed by atoms with Gasteiger partial charge in [-0.05, 0) is 17.7 Å². The molecule has 0 saturated heterocycles. The molecule has 0 atom stereocenters. The SMILES string of the molecule is C=C=C(O)Cc1ccc(Cl)cc1. The molecule has 1 rings (SSSR count). The van der Waals surface area contributed by atoms with E-state index in [1.165, 1.54) is 0 Å². The highest BCUT2D eigenvalue weighted by Crippen LogP contribution is 2.11. The lowest BCUT2D eigenvalue weighted by atomic mass is 10.1. The number of halogens is 1. The third kappa shape index (κ3) is 2.46. The van der Waals surface area contributed by atoms with Crippen molar-refractivity contribution in [3.8, 4) is 0 Å². The Morgan fingerprint density at radius 3 is 2.50 bits per heavy atom. The first-order valence-corrected chi connectivity index (χ1v) is 3.92. The maximum Gasteiger partial charge on any atom is 0.138 e. The number of allylic oxidation sites excluding steroid dienone is 1. The van der Waals surface area contributed by atoms with Gasteiger partial charge < -0.3 is 5.11 Å². The van der Waals surface area contributed by atoms with Crippen molar-refractivity contribution in [2.24, 2.45) is 0 Å². The molecule has 0 unspecified atom stereocenters. The molecule has 1 aromatic rings. The van der Waals surface area contributed by atoms with Gasteiger partial charge >= 0.3 is 0 Å². The van der Waals surface area contributed by atoms with Gasteiger partial charge in [-0.25, -0.2) is 0 Å². The van der Waals surface area contributed by atoms with Crippen LogP contribution >= 0.6 is 11.6 Å². The standard InChI is InChI=1S/C10H9ClO/c1-2-10(12)7-8-3-5-9(11)6-4-8/h3-6,12H,1,7H2. The Morgan fingerprint density at radius 1 is 1.42 bits per heavy atom. The predicted octanol–water partition coefficient (Wildman–Crippen LogP) is 3.11. The second kappa shape index (κ2) is 4.01.